The maximum absolute atomic E-state index is 15.0. The molecule has 2 aliphatic carbocycles. The molecule has 0 nitrogen and oxygen atoms in total. The van der Waals surface area contributed by atoms with Crippen LogP contribution in [0.25, 0.3) is 11.1 Å². The van der Waals surface area contributed by atoms with Gasteiger partial charge >= 0.3 is 0 Å². The zero-order valence-electron chi connectivity index (χ0n) is 20.2. The quantitative estimate of drug-likeness (QED) is 0.335. The van der Waals surface area contributed by atoms with Crippen molar-refractivity contribution in [1.29, 1.82) is 0 Å². The molecule has 0 bridgehead atoms. The number of rotatable bonds is 7. The van der Waals surface area contributed by atoms with Crippen molar-refractivity contribution in [3.8, 4) is 11.1 Å². The van der Waals surface area contributed by atoms with Gasteiger partial charge < -0.3 is 0 Å². The lowest BCUT2D eigenvalue weighted by Gasteiger charge is -2.37. The van der Waals surface area contributed by atoms with Gasteiger partial charge in [-0.1, -0.05) is 25.8 Å². The molecular formula is C29H34F6. The Labute approximate surface area is 204 Å². The van der Waals surface area contributed by atoms with E-state index in [1.54, 1.807) is 0 Å². The van der Waals surface area contributed by atoms with Crippen LogP contribution in [-0.2, 0) is 0 Å². The highest BCUT2D eigenvalue weighted by molar-refractivity contribution is 5.65. The molecule has 2 saturated carbocycles. The molecule has 0 amide bonds. The van der Waals surface area contributed by atoms with Crippen molar-refractivity contribution in [3.05, 3.63) is 59.2 Å². The maximum atomic E-state index is 15.0. The minimum absolute atomic E-state index is 0.0693. The second-order valence-corrected chi connectivity index (χ2v) is 10.7. The highest BCUT2D eigenvalue weighted by Crippen LogP contribution is 2.47. The van der Waals surface area contributed by atoms with Crippen LogP contribution in [0.3, 0.4) is 0 Å². The topological polar surface area (TPSA) is 0 Å². The van der Waals surface area contributed by atoms with Gasteiger partial charge in [-0.2, -0.15) is 0 Å². The third kappa shape index (κ3) is 6.06. The molecule has 0 aromatic heterocycles. The number of hydrogen-bond donors (Lipinski definition) is 0. The Hall–Kier alpha value is -1.98. The van der Waals surface area contributed by atoms with E-state index < -0.39 is 40.7 Å². The predicted molar refractivity (Wildman–Crippen MR) is 126 cm³/mol. The van der Waals surface area contributed by atoms with Gasteiger partial charge in [0, 0.05) is 12.3 Å². The maximum Gasteiger partial charge on any atom is 0.251 e. The molecule has 2 aliphatic rings. The molecule has 4 rings (SSSR count). The van der Waals surface area contributed by atoms with Gasteiger partial charge in [0.15, 0.2) is 11.6 Å². The van der Waals surface area contributed by atoms with Crippen molar-refractivity contribution in [2.24, 2.45) is 17.8 Å². The number of hydrogen-bond acceptors (Lipinski definition) is 0. The third-order valence-corrected chi connectivity index (χ3v) is 8.29. The van der Waals surface area contributed by atoms with Crippen LogP contribution in [0.4, 0.5) is 26.3 Å². The fourth-order valence-corrected chi connectivity index (χ4v) is 6.29. The van der Waals surface area contributed by atoms with Crippen LogP contribution in [-0.4, -0.2) is 5.92 Å². The van der Waals surface area contributed by atoms with Gasteiger partial charge in [-0.25, -0.2) is 26.3 Å². The molecule has 192 valence electrons. The van der Waals surface area contributed by atoms with Crippen molar-refractivity contribution < 1.29 is 26.3 Å². The Morgan fingerprint density at radius 3 is 1.89 bits per heavy atom. The molecule has 2 aromatic rings. The Bertz CT molecular complexity index is 977. The van der Waals surface area contributed by atoms with Gasteiger partial charge in [-0.3, -0.25) is 0 Å². The summed E-state index contributed by atoms with van der Waals surface area (Å²) in [7, 11) is 0. The summed E-state index contributed by atoms with van der Waals surface area (Å²) in [6, 6.07) is 5.24. The second kappa shape index (κ2) is 11.0. The van der Waals surface area contributed by atoms with Gasteiger partial charge in [0.05, 0.1) is 5.56 Å². The minimum Gasteiger partial charge on any atom is -0.207 e. The zero-order valence-corrected chi connectivity index (χ0v) is 20.2. The van der Waals surface area contributed by atoms with Crippen LogP contribution in [0.5, 0.6) is 0 Å². The minimum atomic E-state index is -2.65. The van der Waals surface area contributed by atoms with Crippen molar-refractivity contribution in [1.82, 2.24) is 0 Å². The Balaban J connectivity index is 1.36. The second-order valence-electron chi connectivity index (χ2n) is 10.7. The molecule has 35 heavy (non-hydrogen) atoms. The van der Waals surface area contributed by atoms with E-state index in [0.717, 1.165) is 43.9 Å². The molecule has 0 aliphatic heterocycles. The largest absolute Gasteiger partial charge is 0.251 e. The van der Waals surface area contributed by atoms with Crippen molar-refractivity contribution in [2.45, 2.75) is 89.4 Å². The first-order chi connectivity index (χ1) is 16.7. The Kier molecular flexibility index (Phi) is 8.17. The fourth-order valence-electron chi connectivity index (χ4n) is 6.29. The van der Waals surface area contributed by atoms with E-state index in [9.17, 15) is 17.6 Å². The average molecular weight is 497 g/mol. The number of benzene rings is 2. The third-order valence-electron chi connectivity index (χ3n) is 8.29. The standard InChI is InChI=1S/C29H34F6/c1-2-3-18-6-11-23(12-7-18)29(34,35)17-19-4-8-20(9-5-19)22-15-26(32)28(27(33)16-22)21-10-13-24(30)25(31)14-21/h10,13-16,18-20,23H,2-9,11-12,17H2,1H3. The molecule has 2 aromatic carbocycles. The highest BCUT2D eigenvalue weighted by atomic mass is 19.3. The molecular weight excluding hydrogens is 462 g/mol. The first kappa shape index (κ1) is 26.1. The Morgan fingerprint density at radius 1 is 0.714 bits per heavy atom. The summed E-state index contributed by atoms with van der Waals surface area (Å²) in [5.41, 5.74) is 0.0283. The monoisotopic (exact) mass is 496 g/mol. The van der Waals surface area contributed by atoms with Crippen LogP contribution in [0, 0.1) is 41.0 Å². The van der Waals surface area contributed by atoms with Crippen molar-refractivity contribution in [3.63, 3.8) is 0 Å². The lowest BCUT2D eigenvalue weighted by Crippen LogP contribution is -2.34. The molecule has 0 radical (unpaired) electrons. The first-order valence-electron chi connectivity index (χ1n) is 13.0. The van der Waals surface area contributed by atoms with Crippen molar-refractivity contribution in [2.75, 3.05) is 0 Å². The number of alkyl halides is 2. The van der Waals surface area contributed by atoms with Gasteiger partial charge in [0.1, 0.15) is 11.6 Å². The highest BCUT2D eigenvalue weighted by Gasteiger charge is 2.43. The molecule has 2 fully saturated rings. The van der Waals surface area contributed by atoms with E-state index in [1.807, 2.05) is 0 Å². The summed E-state index contributed by atoms with van der Waals surface area (Å²) >= 11 is 0. The summed E-state index contributed by atoms with van der Waals surface area (Å²) in [5.74, 6) is -6.70. The van der Waals surface area contributed by atoms with Gasteiger partial charge in [0.25, 0.3) is 5.92 Å². The van der Waals surface area contributed by atoms with Crippen molar-refractivity contribution >= 4 is 0 Å². The fraction of sp³-hybridized carbons (Fsp3) is 0.586. The van der Waals surface area contributed by atoms with E-state index in [0.29, 0.717) is 50.0 Å². The molecule has 0 unspecified atom stereocenters. The molecule has 0 N–H and O–H groups in total. The van der Waals surface area contributed by atoms with Crippen LogP contribution in [0.2, 0.25) is 0 Å². The first-order valence-corrected chi connectivity index (χ1v) is 13.0. The van der Waals surface area contributed by atoms with Gasteiger partial charge in [-0.05, 0) is 105 Å². The van der Waals surface area contributed by atoms with Crippen LogP contribution >= 0.6 is 0 Å². The van der Waals surface area contributed by atoms with E-state index in [2.05, 4.69) is 6.92 Å². The molecule has 0 atom stereocenters. The lowest BCUT2D eigenvalue weighted by atomic mass is 9.72. The lowest BCUT2D eigenvalue weighted by molar-refractivity contribution is -0.0955. The number of halogens is 6. The summed E-state index contributed by atoms with van der Waals surface area (Å²) < 4.78 is 86.4. The summed E-state index contributed by atoms with van der Waals surface area (Å²) in [6.07, 6.45) is 7.59. The zero-order chi connectivity index (χ0) is 25.2. The van der Waals surface area contributed by atoms with Crippen LogP contribution < -0.4 is 0 Å². The van der Waals surface area contributed by atoms with Gasteiger partial charge in [0.2, 0.25) is 0 Å². The molecule has 0 saturated heterocycles. The van der Waals surface area contributed by atoms with Crippen LogP contribution in [0.15, 0.2) is 30.3 Å². The normalized spacial score (nSPS) is 25.6. The smallest absolute Gasteiger partial charge is 0.207 e. The van der Waals surface area contributed by atoms with E-state index in [4.69, 9.17) is 0 Å². The van der Waals surface area contributed by atoms with E-state index >= 15 is 8.78 Å². The van der Waals surface area contributed by atoms with Gasteiger partial charge in [-0.15, -0.1) is 0 Å². The molecule has 0 spiro atoms. The molecule has 6 heteroatoms. The summed E-state index contributed by atoms with van der Waals surface area (Å²) in [5, 5.41) is 0. The van der Waals surface area contributed by atoms with E-state index in [-0.39, 0.29) is 23.8 Å². The van der Waals surface area contributed by atoms with Crippen LogP contribution in [0.1, 0.15) is 89.0 Å². The average Bonchev–Trinajstić information content (AvgIpc) is 2.82. The summed E-state index contributed by atoms with van der Waals surface area (Å²) in [6.45, 7) is 2.14. The predicted octanol–water partition coefficient (Wildman–Crippen LogP) is 9.82. The Morgan fingerprint density at radius 2 is 1.31 bits per heavy atom. The SMILES string of the molecule is CCCC1CCC(C(F)(F)CC2CCC(c3cc(F)c(-c4ccc(F)c(F)c4)c(F)c3)CC2)CC1. The molecule has 0 heterocycles. The van der Waals surface area contributed by atoms with E-state index in [1.165, 1.54) is 12.1 Å². The summed E-state index contributed by atoms with van der Waals surface area (Å²) in [4.78, 5) is 0.